The van der Waals surface area contributed by atoms with Gasteiger partial charge in [0.15, 0.2) is 6.61 Å². The number of para-hydroxylation sites is 1. The molecule has 1 N–H and O–H groups in total. The molecule has 0 unspecified atom stereocenters. The van der Waals surface area contributed by atoms with Gasteiger partial charge in [-0.15, -0.1) is 0 Å². The van der Waals surface area contributed by atoms with Crippen LogP contribution in [-0.2, 0) is 4.74 Å². The fourth-order valence-electron chi connectivity index (χ4n) is 2.82. The third-order valence-corrected chi connectivity index (χ3v) is 4.13. The molecule has 1 heterocycles. The summed E-state index contributed by atoms with van der Waals surface area (Å²) in [6.07, 6.45) is 0. The van der Waals surface area contributed by atoms with E-state index in [0.717, 1.165) is 22.3 Å². The number of hydrogen-bond donors (Lipinski definition) is 1. The minimum absolute atomic E-state index is 0.215. The van der Waals surface area contributed by atoms with Crippen LogP contribution in [0.15, 0.2) is 48.5 Å². The first-order chi connectivity index (χ1) is 12.0. The molecular weight excluding hydrogens is 316 g/mol. The van der Waals surface area contributed by atoms with Gasteiger partial charge in [-0.25, -0.2) is 4.79 Å². The van der Waals surface area contributed by atoms with Crippen molar-refractivity contribution in [3.63, 3.8) is 0 Å². The molecule has 0 amide bonds. The molecule has 0 radical (unpaired) electrons. The van der Waals surface area contributed by atoms with E-state index in [2.05, 4.69) is 4.98 Å². The van der Waals surface area contributed by atoms with Crippen LogP contribution in [0.3, 0.4) is 0 Å². The van der Waals surface area contributed by atoms with E-state index >= 15 is 0 Å². The molecule has 0 aliphatic carbocycles. The third kappa shape index (κ3) is 3.40. The van der Waals surface area contributed by atoms with Crippen molar-refractivity contribution in [1.82, 2.24) is 4.98 Å². The third-order valence-electron chi connectivity index (χ3n) is 4.13. The number of carbonyl (C=O) groups is 2. The van der Waals surface area contributed by atoms with Crippen LogP contribution in [-0.4, -0.2) is 37.4 Å². The standard InChI is InChI=1S/C20H20N2O3/c1-13-19(16-6-4-5-7-17(16)21-13)18(23)12-25-20(24)14-8-10-15(11-9-14)22(2)3/h4-11,21H,12H2,1-3H3. The molecule has 1 aromatic heterocycles. The Morgan fingerprint density at radius 2 is 1.72 bits per heavy atom. The molecule has 0 saturated heterocycles. The van der Waals surface area contributed by atoms with Crippen molar-refractivity contribution in [3.8, 4) is 0 Å². The average molecular weight is 336 g/mol. The maximum atomic E-state index is 12.5. The lowest BCUT2D eigenvalue weighted by Crippen LogP contribution is -2.15. The number of aryl methyl sites for hydroxylation is 1. The minimum Gasteiger partial charge on any atom is -0.454 e. The molecule has 3 aromatic rings. The van der Waals surface area contributed by atoms with Crippen molar-refractivity contribution < 1.29 is 14.3 Å². The number of H-pyrrole nitrogens is 1. The summed E-state index contributed by atoms with van der Waals surface area (Å²) in [5, 5.41) is 0.844. The molecule has 5 nitrogen and oxygen atoms in total. The number of fused-ring (bicyclic) bond motifs is 1. The van der Waals surface area contributed by atoms with Crippen molar-refractivity contribution in [2.24, 2.45) is 0 Å². The molecule has 3 rings (SSSR count). The Morgan fingerprint density at radius 1 is 1.04 bits per heavy atom. The molecular formula is C20H20N2O3. The van der Waals surface area contributed by atoms with E-state index < -0.39 is 5.97 Å². The number of nitrogens with zero attached hydrogens (tertiary/aromatic N) is 1. The highest BCUT2D eigenvalue weighted by atomic mass is 16.5. The maximum absolute atomic E-state index is 12.5. The number of rotatable bonds is 5. The SMILES string of the molecule is Cc1[nH]c2ccccc2c1C(=O)COC(=O)c1ccc(N(C)C)cc1. The number of benzene rings is 2. The highest BCUT2D eigenvalue weighted by Gasteiger charge is 2.18. The van der Waals surface area contributed by atoms with E-state index in [4.69, 9.17) is 4.74 Å². The summed E-state index contributed by atoms with van der Waals surface area (Å²) in [7, 11) is 3.85. The van der Waals surface area contributed by atoms with Crippen LogP contribution >= 0.6 is 0 Å². The van der Waals surface area contributed by atoms with Crippen LogP contribution in [0.1, 0.15) is 26.4 Å². The molecule has 25 heavy (non-hydrogen) atoms. The van der Waals surface area contributed by atoms with E-state index in [0.29, 0.717) is 11.1 Å². The highest BCUT2D eigenvalue weighted by Crippen LogP contribution is 2.22. The molecule has 0 spiro atoms. The van der Waals surface area contributed by atoms with Gasteiger partial charge in [0.25, 0.3) is 0 Å². The van der Waals surface area contributed by atoms with Gasteiger partial charge in [-0.2, -0.15) is 0 Å². The number of hydrogen-bond acceptors (Lipinski definition) is 4. The second-order valence-electron chi connectivity index (χ2n) is 6.11. The largest absolute Gasteiger partial charge is 0.454 e. The quantitative estimate of drug-likeness (QED) is 0.571. The average Bonchev–Trinajstić information content (AvgIpc) is 2.95. The molecule has 0 atom stereocenters. The van der Waals surface area contributed by atoms with Gasteiger partial charge in [-0.1, -0.05) is 18.2 Å². The Bertz CT molecular complexity index is 924. The van der Waals surface area contributed by atoms with Crippen LogP contribution in [0.5, 0.6) is 0 Å². The summed E-state index contributed by atoms with van der Waals surface area (Å²) in [5.41, 5.74) is 3.66. The monoisotopic (exact) mass is 336 g/mol. The Morgan fingerprint density at radius 3 is 2.40 bits per heavy atom. The van der Waals surface area contributed by atoms with E-state index in [1.54, 1.807) is 12.1 Å². The van der Waals surface area contributed by atoms with Gasteiger partial charge in [0, 0.05) is 41.9 Å². The fourth-order valence-corrected chi connectivity index (χ4v) is 2.82. The normalized spacial score (nSPS) is 10.7. The van der Waals surface area contributed by atoms with Crippen LogP contribution in [0.4, 0.5) is 5.69 Å². The predicted molar refractivity (Wildman–Crippen MR) is 98.4 cm³/mol. The van der Waals surface area contributed by atoms with Gasteiger partial charge in [0.05, 0.1) is 5.56 Å². The zero-order valence-electron chi connectivity index (χ0n) is 14.5. The number of aromatic amines is 1. The Labute approximate surface area is 146 Å². The number of anilines is 1. The first kappa shape index (κ1) is 16.8. The van der Waals surface area contributed by atoms with Crippen LogP contribution in [0, 0.1) is 6.92 Å². The number of Topliss-reactive ketones (excluding diaryl/α,β-unsaturated/α-hetero) is 1. The Kier molecular flexibility index (Phi) is 4.57. The first-order valence-electron chi connectivity index (χ1n) is 8.02. The van der Waals surface area contributed by atoms with Crippen LogP contribution < -0.4 is 4.90 Å². The molecule has 0 aliphatic rings. The van der Waals surface area contributed by atoms with E-state index in [9.17, 15) is 9.59 Å². The summed E-state index contributed by atoms with van der Waals surface area (Å²) in [6, 6.07) is 14.6. The smallest absolute Gasteiger partial charge is 0.338 e. The summed E-state index contributed by atoms with van der Waals surface area (Å²) in [6.45, 7) is 1.56. The van der Waals surface area contributed by atoms with Gasteiger partial charge in [-0.3, -0.25) is 4.79 Å². The number of esters is 1. The van der Waals surface area contributed by atoms with Gasteiger partial charge in [0.1, 0.15) is 0 Å². The van der Waals surface area contributed by atoms with Crippen molar-refractivity contribution in [1.29, 1.82) is 0 Å². The van der Waals surface area contributed by atoms with Gasteiger partial charge >= 0.3 is 5.97 Å². The number of aromatic nitrogens is 1. The summed E-state index contributed by atoms with van der Waals surface area (Å²) < 4.78 is 5.20. The summed E-state index contributed by atoms with van der Waals surface area (Å²) >= 11 is 0. The minimum atomic E-state index is -0.504. The second kappa shape index (κ2) is 6.81. The Hall–Kier alpha value is -3.08. The maximum Gasteiger partial charge on any atom is 0.338 e. The molecule has 0 bridgehead atoms. The fraction of sp³-hybridized carbons (Fsp3) is 0.200. The van der Waals surface area contributed by atoms with Crippen molar-refractivity contribution >= 4 is 28.3 Å². The molecule has 0 aliphatic heterocycles. The van der Waals surface area contributed by atoms with Crippen molar-refractivity contribution in [2.45, 2.75) is 6.92 Å². The van der Waals surface area contributed by atoms with Crippen LogP contribution in [0.2, 0.25) is 0 Å². The lowest BCUT2D eigenvalue weighted by molar-refractivity contribution is 0.0475. The zero-order chi connectivity index (χ0) is 18.0. The number of ether oxygens (including phenoxy) is 1. The summed E-state index contributed by atoms with van der Waals surface area (Å²) in [4.78, 5) is 29.8. The van der Waals surface area contributed by atoms with E-state index in [1.165, 1.54) is 0 Å². The number of ketones is 1. The molecule has 5 heteroatoms. The molecule has 0 fully saturated rings. The van der Waals surface area contributed by atoms with E-state index in [1.807, 2.05) is 62.3 Å². The van der Waals surface area contributed by atoms with Gasteiger partial charge in [0.2, 0.25) is 5.78 Å². The predicted octanol–water partition coefficient (Wildman–Crippen LogP) is 3.58. The molecule has 0 saturated carbocycles. The van der Waals surface area contributed by atoms with Gasteiger partial charge < -0.3 is 14.6 Å². The van der Waals surface area contributed by atoms with Crippen molar-refractivity contribution in [3.05, 3.63) is 65.4 Å². The first-order valence-corrected chi connectivity index (χ1v) is 8.02. The molecule has 128 valence electrons. The van der Waals surface area contributed by atoms with Crippen LogP contribution in [0.25, 0.3) is 10.9 Å². The number of nitrogens with one attached hydrogen (secondary N) is 1. The van der Waals surface area contributed by atoms with Crippen molar-refractivity contribution in [2.75, 3.05) is 25.6 Å². The highest BCUT2D eigenvalue weighted by molar-refractivity contribution is 6.10. The summed E-state index contributed by atoms with van der Waals surface area (Å²) in [5.74, 6) is -0.718. The second-order valence-corrected chi connectivity index (χ2v) is 6.11. The zero-order valence-corrected chi connectivity index (χ0v) is 14.5. The number of carbonyl (C=O) groups excluding carboxylic acids is 2. The molecule has 2 aromatic carbocycles. The topological polar surface area (TPSA) is 62.4 Å². The lowest BCUT2D eigenvalue weighted by atomic mass is 10.1. The Balaban J connectivity index is 1.71. The van der Waals surface area contributed by atoms with Gasteiger partial charge in [-0.05, 0) is 37.3 Å². The lowest BCUT2D eigenvalue weighted by Gasteiger charge is -2.12. The van der Waals surface area contributed by atoms with E-state index in [-0.39, 0.29) is 12.4 Å².